The van der Waals surface area contributed by atoms with E-state index in [-0.39, 0.29) is 70.3 Å². The van der Waals surface area contributed by atoms with Gasteiger partial charge in [0.15, 0.2) is 11.5 Å². The van der Waals surface area contributed by atoms with Crippen molar-refractivity contribution in [3.8, 4) is 0 Å². The molecule has 18 nitrogen and oxygen atoms in total. The number of nitrogens with zero attached hydrogens (tertiary/aromatic N) is 3. The number of aromatic carboxylic acids is 1. The second-order valence-corrected chi connectivity index (χ2v) is 10.1. The molecule has 5 rings (SSSR count). The number of aromatic nitrogens is 3. The maximum Gasteiger partial charge on any atom is 0.353 e. The number of nitrogens with one attached hydrogen (secondary N) is 2. The zero-order valence-corrected chi connectivity index (χ0v) is 26.5. The van der Waals surface area contributed by atoms with Crippen LogP contribution in [0, 0.1) is 0 Å². The molecule has 0 unspecified atom stereocenters. The van der Waals surface area contributed by atoms with Crippen molar-refractivity contribution in [2.45, 2.75) is 19.6 Å². The van der Waals surface area contributed by atoms with Crippen molar-refractivity contribution in [1.82, 2.24) is 19.7 Å². The average molecular weight is 695 g/mol. The predicted octanol–water partition coefficient (Wildman–Crippen LogP) is -0.235. The number of amides is 2. The monoisotopic (exact) mass is 694 g/mol. The minimum atomic E-state index is -1.38. The number of carboxylic acid groups (broad SMARTS) is 1. The number of hydrogen-bond donors (Lipinski definition) is 8. The van der Waals surface area contributed by atoms with E-state index in [1.165, 1.54) is 25.3 Å². The van der Waals surface area contributed by atoms with Crippen molar-refractivity contribution < 1.29 is 29.0 Å². The van der Waals surface area contributed by atoms with E-state index in [0.29, 0.717) is 18.7 Å². The Labute approximate surface area is 282 Å². The number of nitrogens with two attached hydrogens (primary N) is 5. The maximum absolute atomic E-state index is 12.6. The molecule has 256 valence electrons. The molecule has 0 fully saturated rings. The highest BCUT2D eigenvalue weighted by Gasteiger charge is 2.21. The maximum atomic E-state index is 12.6. The summed E-state index contributed by atoms with van der Waals surface area (Å²) in [6, 6.07) is 12.8. The molecular formula is C30H31ClN10O8. The quantitative estimate of drug-likeness (QED) is 0.0691. The molecule has 0 saturated carbocycles. The number of benzene rings is 2. The van der Waals surface area contributed by atoms with E-state index in [1.807, 2.05) is 24.3 Å². The summed E-state index contributed by atoms with van der Waals surface area (Å²) in [6.45, 7) is 0.754. The van der Waals surface area contributed by atoms with Crippen molar-refractivity contribution in [2.24, 2.45) is 11.5 Å². The lowest BCUT2D eigenvalue weighted by Gasteiger charge is -2.11. The number of halogens is 1. The Morgan fingerprint density at radius 3 is 2.24 bits per heavy atom. The van der Waals surface area contributed by atoms with Gasteiger partial charge in [0.2, 0.25) is 11.9 Å². The van der Waals surface area contributed by atoms with Crippen LogP contribution in [0.2, 0.25) is 0 Å². The van der Waals surface area contributed by atoms with Gasteiger partial charge in [-0.1, -0.05) is 30.3 Å². The first-order valence-electron chi connectivity index (χ1n) is 13.8. The third-order valence-electron chi connectivity index (χ3n) is 6.98. The first-order valence-corrected chi connectivity index (χ1v) is 13.8. The van der Waals surface area contributed by atoms with Crippen LogP contribution >= 0.6 is 12.4 Å². The van der Waals surface area contributed by atoms with E-state index in [9.17, 15) is 33.9 Å². The zero-order chi connectivity index (χ0) is 35.3. The molecular weight excluding hydrogens is 664 g/mol. The molecule has 0 bridgehead atoms. The Bertz CT molecular complexity index is 2160. The molecule has 2 amide bonds. The fourth-order valence-electron chi connectivity index (χ4n) is 4.52. The van der Waals surface area contributed by atoms with Gasteiger partial charge in [-0.05, 0) is 28.8 Å². The zero-order valence-electron chi connectivity index (χ0n) is 25.7. The summed E-state index contributed by atoms with van der Waals surface area (Å²) in [5.74, 6) is -3.94. The van der Waals surface area contributed by atoms with Gasteiger partial charge in [0, 0.05) is 31.3 Å². The van der Waals surface area contributed by atoms with Crippen LogP contribution in [0.15, 0.2) is 58.1 Å². The van der Waals surface area contributed by atoms with E-state index in [0.717, 1.165) is 21.6 Å². The van der Waals surface area contributed by atoms with Crippen molar-refractivity contribution in [3.05, 3.63) is 108 Å². The lowest BCUT2D eigenvalue weighted by molar-refractivity contribution is 0.0599. The van der Waals surface area contributed by atoms with Gasteiger partial charge >= 0.3 is 11.9 Å². The van der Waals surface area contributed by atoms with Crippen molar-refractivity contribution >= 4 is 64.9 Å². The highest BCUT2D eigenvalue weighted by Crippen LogP contribution is 2.19. The molecule has 0 saturated heterocycles. The van der Waals surface area contributed by atoms with Crippen LogP contribution in [-0.2, 0) is 24.4 Å². The first-order chi connectivity index (χ1) is 22.8. The molecule has 2 heterocycles. The number of nitrogen functional groups attached to an aromatic ring is 3. The molecule has 0 aliphatic rings. The highest BCUT2D eigenvalue weighted by atomic mass is 35.5. The van der Waals surface area contributed by atoms with Crippen molar-refractivity contribution in [1.29, 1.82) is 0 Å². The summed E-state index contributed by atoms with van der Waals surface area (Å²) in [5, 5.41) is 14.8. The fourth-order valence-corrected chi connectivity index (χ4v) is 4.52. The van der Waals surface area contributed by atoms with Crippen LogP contribution < -0.4 is 50.2 Å². The first kappa shape index (κ1) is 36.9. The van der Waals surface area contributed by atoms with E-state index >= 15 is 0 Å². The molecule has 0 aliphatic heterocycles. The summed E-state index contributed by atoms with van der Waals surface area (Å²) >= 11 is 0. The summed E-state index contributed by atoms with van der Waals surface area (Å²) < 4.78 is 5.61. The predicted molar refractivity (Wildman–Crippen MR) is 181 cm³/mol. The number of carbonyl (C=O) groups is 4. The Morgan fingerprint density at radius 1 is 0.939 bits per heavy atom. The molecule has 0 aliphatic carbocycles. The number of methoxy groups -OCH3 is 1. The minimum Gasteiger partial charge on any atom is -0.477 e. The summed E-state index contributed by atoms with van der Waals surface area (Å²) in [4.78, 5) is 77.4. The molecule has 0 spiro atoms. The standard InChI is InChI=1S/C18H17N7O6.C12H13N3O2.ClH/c1-31-17(30)7-2-3-8(9(4-7)13(20)26)6-22-15(27)10-5-11(16(28)29)25-14(23-10)12(19)24-18(25)21;13-5-7-2-1-3-8(4-7)6-15-10-9(14)11(16)12(10)17;/h2-5H,6,19H2,1H3,(H2,20,26)(H2,21,24)(H,22,27)(H,28,29);1-4,15H,5-6,13-14H2;1H. The number of imidazole rings is 1. The number of carbonyl (C=O) groups excluding carboxylic acids is 3. The van der Waals surface area contributed by atoms with Gasteiger partial charge < -0.3 is 49.1 Å². The fraction of sp³-hybridized carbons (Fsp3) is 0.133. The number of anilines is 4. The minimum absolute atomic E-state index is 0. The number of primary amides is 1. The van der Waals surface area contributed by atoms with E-state index in [1.54, 1.807) is 0 Å². The van der Waals surface area contributed by atoms with Gasteiger partial charge in [-0.3, -0.25) is 23.6 Å². The summed E-state index contributed by atoms with van der Waals surface area (Å²) in [7, 11) is 1.19. The lowest BCUT2D eigenvalue weighted by Crippen LogP contribution is -2.36. The topological polar surface area (TPSA) is 316 Å². The highest BCUT2D eigenvalue weighted by molar-refractivity contribution is 5.99. The van der Waals surface area contributed by atoms with Gasteiger partial charge in [-0.15, -0.1) is 12.4 Å². The Morgan fingerprint density at radius 2 is 1.63 bits per heavy atom. The molecule has 19 heteroatoms. The molecule has 5 aromatic rings. The van der Waals surface area contributed by atoms with Gasteiger partial charge in [0.1, 0.15) is 22.8 Å². The molecule has 2 aromatic heterocycles. The number of rotatable bonds is 10. The molecule has 0 radical (unpaired) electrons. The van der Waals surface area contributed by atoms with Crippen LogP contribution in [0.25, 0.3) is 5.65 Å². The molecule has 0 atom stereocenters. The molecule has 49 heavy (non-hydrogen) atoms. The Hall–Kier alpha value is -6.53. The number of fused-ring (bicyclic) bond motifs is 1. The van der Waals surface area contributed by atoms with Gasteiger partial charge in [-0.2, -0.15) is 4.98 Å². The van der Waals surface area contributed by atoms with Crippen LogP contribution in [0.4, 0.5) is 23.1 Å². The van der Waals surface area contributed by atoms with E-state index in [2.05, 4.69) is 25.3 Å². The molecule has 13 N–H and O–H groups in total. The van der Waals surface area contributed by atoms with Gasteiger partial charge in [0.05, 0.1) is 12.7 Å². The normalized spacial score (nSPS) is 10.4. The number of hydrogen-bond acceptors (Lipinski definition) is 14. The number of carboxylic acids is 1. The average Bonchev–Trinajstić information content (AvgIpc) is 3.38. The van der Waals surface area contributed by atoms with Crippen molar-refractivity contribution in [2.75, 3.05) is 29.6 Å². The summed E-state index contributed by atoms with van der Waals surface area (Å²) in [5.41, 5.74) is 28.4. The van der Waals surface area contributed by atoms with Crippen LogP contribution in [0.3, 0.4) is 0 Å². The summed E-state index contributed by atoms with van der Waals surface area (Å²) in [6.07, 6.45) is 0. The van der Waals surface area contributed by atoms with Gasteiger partial charge in [0.25, 0.3) is 16.8 Å². The van der Waals surface area contributed by atoms with E-state index < -0.39 is 34.6 Å². The Kier molecular flexibility index (Phi) is 11.6. The second kappa shape index (κ2) is 15.4. The second-order valence-electron chi connectivity index (χ2n) is 10.1. The third-order valence-corrected chi connectivity index (χ3v) is 6.98. The largest absolute Gasteiger partial charge is 0.477 e. The van der Waals surface area contributed by atoms with Crippen LogP contribution in [0.5, 0.6) is 0 Å². The lowest BCUT2D eigenvalue weighted by atomic mass is 10.0. The number of ether oxygens (including phenoxy) is 1. The van der Waals surface area contributed by atoms with E-state index in [4.69, 9.17) is 28.7 Å². The number of esters is 1. The Balaban J connectivity index is 0.000000305. The molecule has 3 aromatic carbocycles. The van der Waals surface area contributed by atoms with Crippen LogP contribution in [-0.4, -0.2) is 50.3 Å². The SMILES string of the molecule is COC(=O)c1ccc(CNC(=O)c2cc(C(=O)O)n3c(N)nc(N)c3n2)c(C(N)=O)c1.Cl.NCc1cccc(CNc2c(N)c(=O)c2=O)c1. The van der Waals surface area contributed by atoms with Crippen LogP contribution in [0.1, 0.15) is 58.4 Å². The van der Waals surface area contributed by atoms with Crippen molar-refractivity contribution in [3.63, 3.8) is 0 Å². The van der Waals surface area contributed by atoms with Gasteiger partial charge in [-0.25, -0.2) is 14.6 Å². The smallest absolute Gasteiger partial charge is 0.353 e. The third kappa shape index (κ3) is 7.89.